The van der Waals surface area contributed by atoms with Gasteiger partial charge in [0.2, 0.25) is 5.91 Å². The predicted molar refractivity (Wildman–Crippen MR) is 62.6 cm³/mol. The van der Waals surface area contributed by atoms with E-state index in [0.717, 1.165) is 38.8 Å². The molecule has 2 aliphatic heterocycles. The maximum Gasteiger partial charge on any atom is 0.410 e. The molecule has 2 aliphatic rings. The van der Waals surface area contributed by atoms with Crippen LogP contribution >= 0.6 is 0 Å². The molecule has 0 aromatic rings. The third-order valence-corrected chi connectivity index (χ3v) is 3.61. The zero-order valence-corrected chi connectivity index (χ0v) is 10.4. The van der Waals surface area contributed by atoms with Crippen LogP contribution in [0, 0.1) is 0 Å². The second kappa shape index (κ2) is 5.38. The van der Waals surface area contributed by atoms with Crippen LogP contribution in [-0.4, -0.2) is 54.6 Å². The van der Waals surface area contributed by atoms with Crippen LogP contribution in [0.3, 0.4) is 0 Å². The maximum atomic E-state index is 12.3. The van der Waals surface area contributed by atoms with Crippen molar-refractivity contribution in [3.8, 4) is 0 Å². The van der Waals surface area contributed by atoms with Gasteiger partial charge in [0.15, 0.2) is 0 Å². The lowest BCUT2D eigenvalue weighted by Crippen LogP contribution is -2.49. The third kappa shape index (κ3) is 2.53. The Morgan fingerprint density at radius 1 is 1.06 bits per heavy atom. The summed E-state index contributed by atoms with van der Waals surface area (Å²) in [6, 6.07) is -0.291. The Morgan fingerprint density at radius 2 is 1.76 bits per heavy atom. The Labute approximate surface area is 102 Å². The minimum Gasteiger partial charge on any atom is -0.453 e. The second-order valence-corrected chi connectivity index (χ2v) is 4.71. The molecule has 0 spiro atoms. The molecule has 96 valence electrons. The Kier molecular flexibility index (Phi) is 3.86. The Hall–Kier alpha value is -1.26. The van der Waals surface area contributed by atoms with E-state index in [2.05, 4.69) is 0 Å². The van der Waals surface area contributed by atoms with Crippen molar-refractivity contribution in [3.05, 3.63) is 0 Å². The van der Waals surface area contributed by atoms with Gasteiger partial charge in [0.1, 0.15) is 6.04 Å². The summed E-state index contributed by atoms with van der Waals surface area (Å²) in [7, 11) is 1.36. The molecule has 17 heavy (non-hydrogen) atoms. The number of methoxy groups -OCH3 is 1. The van der Waals surface area contributed by atoms with Crippen LogP contribution < -0.4 is 0 Å². The van der Waals surface area contributed by atoms with E-state index in [1.54, 1.807) is 4.90 Å². The van der Waals surface area contributed by atoms with Crippen LogP contribution in [0.2, 0.25) is 0 Å². The molecule has 0 aliphatic carbocycles. The number of amides is 2. The van der Waals surface area contributed by atoms with E-state index in [4.69, 9.17) is 4.74 Å². The zero-order chi connectivity index (χ0) is 12.3. The molecule has 2 fully saturated rings. The number of ether oxygens (including phenoxy) is 1. The number of rotatable bonds is 1. The van der Waals surface area contributed by atoms with Gasteiger partial charge in [-0.15, -0.1) is 0 Å². The Bertz CT molecular complexity index is 300. The number of piperidine rings is 1. The van der Waals surface area contributed by atoms with Crippen molar-refractivity contribution in [3.63, 3.8) is 0 Å². The van der Waals surface area contributed by atoms with Crippen LogP contribution in [0.4, 0.5) is 4.79 Å². The number of carbonyl (C=O) groups excluding carboxylic acids is 2. The highest BCUT2D eigenvalue weighted by Gasteiger charge is 2.37. The molecule has 0 saturated carbocycles. The van der Waals surface area contributed by atoms with Crippen molar-refractivity contribution in [1.82, 2.24) is 9.80 Å². The molecule has 2 rings (SSSR count). The highest BCUT2D eigenvalue weighted by Crippen LogP contribution is 2.21. The summed E-state index contributed by atoms with van der Waals surface area (Å²) in [5.41, 5.74) is 0. The topological polar surface area (TPSA) is 49.9 Å². The number of carbonyl (C=O) groups is 2. The van der Waals surface area contributed by atoms with Gasteiger partial charge >= 0.3 is 6.09 Å². The molecule has 5 nitrogen and oxygen atoms in total. The fourth-order valence-corrected chi connectivity index (χ4v) is 2.68. The van der Waals surface area contributed by atoms with E-state index in [-0.39, 0.29) is 18.0 Å². The van der Waals surface area contributed by atoms with Gasteiger partial charge in [0, 0.05) is 19.6 Å². The maximum absolute atomic E-state index is 12.3. The van der Waals surface area contributed by atoms with Crippen molar-refractivity contribution in [1.29, 1.82) is 0 Å². The van der Waals surface area contributed by atoms with Gasteiger partial charge in [-0.1, -0.05) is 0 Å². The summed E-state index contributed by atoms with van der Waals surface area (Å²) >= 11 is 0. The summed E-state index contributed by atoms with van der Waals surface area (Å²) in [5.74, 6) is 0.104. The number of nitrogens with zero attached hydrogens (tertiary/aromatic N) is 2. The quantitative estimate of drug-likeness (QED) is 0.692. The highest BCUT2D eigenvalue weighted by molar-refractivity contribution is 5.86. The summed E-state index contributed by atoms with van der Waals surface area (Å²) in [6.45, 7) is 2.31. The lowest BCUT2D eigenvalue weighted by atomic mass is 10.1. The first-order valence-electron chi connectivity index (χ1n) is 6.37. The van der Waals surface area contributed by atoms with Crippen LogP contribution in [-0.2, 0) is 9.53 Å². The Balaban J connectivity index is 1.99. The average molecular weight is 240 g/mol. The number of hydrogen-bond acceptors (Lipinski definition) is 3. The summed E-state index contributed by atoms with van der Waals surface area (Å²) in [5, 5.41) is 0. The summed E-state index contributed by atoms with van der Waals surface area (Å²) < 4.78 is 4.72. The fraction of sp³-hybridized carbons (Fsp3) is 0.833. The molecular weight excluding hydrogens is 220 g/mol. The van der Waals surface area contributed by atoms with Crippen LogP contribution in [0.15, 0.2) is 0 Å². The molecule has 0 N–H and O–H groups in total. The van der Waals surface area contributed by atoms with Gasteiger partial charge in [0.05, 0.1) is 7.11 Å². The van der Waals surface area contributed by atoms with E-state index in [1.165, 1.54) is 13.5 Å². The fourth-order valence-electron chi connectivity index (χ4n) is 2.68. The molecule has 0 radical (unpaired) electrons. The van der Waals surface area contributed by atoms with Gasteiger partial charge in [-0.3, -0.25) is 9.69 Å². The van der Waals surface area contributed by atoms with Crippen LogP contribution in [0.25, 0.3) is 0 Å². The molecule has 5 heteroatoms. The van der Waals surface area contributed by atoms with Crippen molar-refractivity contribution < 1.29 is 14.3 Å². The van der Waals surface area contributed by atoms with Gasteiger partial charge in [0.25, 0.3) is 0 Å². The van der Waals surface area contributed by atoms with Crippen molar-refractivity contribution >= 4 is 12.0 Å². The monoisotopic (exact) mass is 240 g/mol. The first-order valence-corrected chi connectivity index (χ1v) is 6.37. The van der Waals surface area contributed by atoms with Crippen molar-refractivity contribution in [2.75, 3.05) is 26.7 Å². The summed E-state index contributed by atoms with van der Waals surface area (Å²) in [4.78, 5) is 27.3. The largest absolute Gasteiger partial charge is 0.453 e. The van der Waals surface area contributed by atoms with E-state index in [1.807, 2.05) is 4.90 Å². The average Bonchev–Trinajstić information content (AvgIpc) is 2.87. The van der Waals surface area contributed by atoms with Crippen molar-refractivity contribution in [2.24, 2.45) is 0 Å². The Morgan fingerprint density at radius 3 is 2.41 bits per heavy atom. The smallest absolute Gasteiger partial charge is 0.410 e. The van der Waals surface area contributed by atoms with Crippen LogP contribution in [0.1, 0.15) is 32.1 Å². The van der Waals surface area contributed by atoms with E-state index in [0.29, 0.717) is 6.54 Å². The second-order valence-electron chi connectivity index (χ2n) is 4.71. The number of hydrogen-bond donors (Lipinski definition) is 0. The van der Waals surface area contributed by atoms with E-state index >= 15 is 0 Å². The molecule has 0 aromatic carbocycles. The molecule has 1 atom stereocenters. The minimum absolute atomic E-state index is 0.104. The zero-order valence-electron chi connectivity index (χ0n) is 10.4. The lowest BCUT2D eigenvalue weighted by molar-refractivity contribution is -0.136. The normalized spacial score (nSPS) is 24.9. The molecule has 2 amide bonds. The van der Waals surface area contributed by atoms with Crippen LogP contribution in [0.5, 0.6) is 0 Å². The lowest BCUT2D eigenvalue weighted by Gasteiger charge is -2.32. The molecule has 0 aromatic heterocycles. The first-order chi connectivity index (χ1) is 8.24. The SMILES string of the molecule is COC(=O)N1CCCC1C(=O)N1CCCCC1. The van der Waals surface area contributed by atoms with E-state index in [9.17, 15) is 9.59 Å². The van der Waals surface area contributed by atoms with Gasteiger partial charge in [-0.2, -0.15) is 0 Å². The standard InChI is InChI=1S/C12H20N2O3/c1-17-12(16)14-9-5-6-10(14)11(15)13-7-3-2-4-8-13/h10H,2-9H2,1H3. The first kappa shape index (κ1) is 12.2. The van der Waals surface area contributed by atoms with E-state index < -0.39 is 0 Å². The van der Waals surface area contributed by atoms with Gasteiger partial charge in [-0.05, 0) is 32.1 Å². The molecular formula is C12H20N2O3. The molecule has 0 bridgehead atoms. The van der Waals surface area contributed by atoms with Crippen molar-refractivity contribution in [2.45, 2.75) is 38.1 Å². The minimum atomic E-state index is -0.377. The highest BCUT2D eigenvalue weighted by atomic mass is 16.5. The molecule has 1 unspecified atom stereocenters. The van der Waals surface area contributed by atoms with Gasteiger partial charge in [-0.25, -0.2) is 4.79 Å². The number of likely N-dealkylation sites (tertiary alicyclic amines) is 2. The summed E-state index contributed by atoms with van der Waals surface area (Å²) in [6.07, 6.45) is 4.64. The predicted octanol–water partition coefficient (Wildman–Crippen LogP) is 1.23. The van der Waals surface area contributed by atoms with Gasteiger partial charge < -0.3 is 9.64 Å². The third-order valence-electron chi connectivity index (χ3n) is 3.61. The molecule has 2 saturated heterocycles. The molecule has 2 heterocycles.